The topological polar surface area (TPSA) is 110 Å². The van der Waals surface area contributed by atoms with Crippen molar-refractivity contribution in [1.82, 2.24) is 9.88 Å². The highest BCUT2D eigenvalue weighted by molar-refractivity contribution is 5.94. The van der Waals surface area contributed by atoms with Gasteiger partial charge in [-0.2, -0.15) is 0 Å². The zero-order valence-electron chi connectivity index (χ0n) is 20.2. The molecule has 2 heterocycles. The Labute approximate surface area is 195 Å². The van der Waals surface area contributed by atoms with Crippen LogP contribution in [-0.4, -0.2) is 42.0 Å². The minimum absolute atomic E-state index is 0.0374. The minimum Gasteiger partial charge on any atom is -0.496 e. The maximum absolute atomic E-state index is 12.8. The third kappa shape index (κ3) is 5.27. The monoisotopic (exact) mass is 453 g/mol. The largest absolute Gasteiger partial charge is 0.496 e. The van der Waals surface area contributed by atoms with Crippen molar-refractivity contribution in [2.24, 2.45) is 11.7 Å². The van der Waals surface area contributed by atoms with Gasteiger partial charge in [0, 0.05) is 35.5 Å². The normalized spacial score (nSPS) is 19.6. The standard InChI is InChI=1S/C24H30N4O3.CH5N/c1-14-5-8-18(11-21(14)31-4)26-23(29)17-6-9-19(10-7-17)28-13-20-15(2)12-25-16(3)22(20)27-24(28)30;1-2/h5,8,11-12,17,19H,6-7,9-10,13H2,1-4H3,(H,26,29)(H,27,30);2H2,1H3. The van der Waals surface area contributed by atoms with Crippen molar-refractivity contribution in [3.63, 3.8) is 0 Å². The average molecular weight is 454 g/mol. The zero-order valence-corrected chi connectivity index (χ0v) is 20.2. The van der Waals surface area contributed by atoms with Gasteiger partial charge in [0.1, 0.15) is 5.75 Å². The highest BCUT2D eigenvalue weighted by Gasteiger charge is 2.35. The summed E-state index contributed by atoms with van der Waals surface area (Å²) in [6.45, 7) is 6.52. The fourth-order valence-corrected chi connectivity index (χ4v) is 4.63. The SMILES string of the molecule is CN.COc1cc(NC(=O)C2CCC(N3Cc4c(C)cnc(C)c4NC3=O)CC2)ccc1C. The summed E-state index contributed by atoms with van der Waals surface area (Å²) in [5, 5.41) is 6.06. The third-order valence-corrected chi connectivity index (χ3v) is 6.60. The van der Waals surface area contributed by atoms with E-state index < -0.39 is 0 Å². The van der Waals surface area contributed by atoms with Crippen molar-refractivity contribution < 1.29 is 14.3 Å². The molecule has 0 unspecified atom stereocenters. The van der Waals surface area contributed by atoms with Gasteiger partial charge in [-0.05, 0) is 70.7 Å². The van der Waals surface area contributed by atoms with Crippen LogP contribution in [0, 0.1) is 26.7 Å². The number of aryl methyl sites for hydroxylation is 3. The molecular weight excluding hydrogens is 418 g/mol. The summed E-state index contributed by atoms with van der Waals surface area (Å²) >= 11 is 0. The van der Waals surface area contributed by atoms with Gasteiger partial charge in [-0.15, -0.1) is 0 Å². The van der Waals surface area contributed by atoms with Crippen molar-refractivity contribution in [2.75, 3.05) is 24.8 Å². The van der Waals surface area contributed by atoms with E-state index in [1.165, 1.54) is 7.05 Å². The lowest BCUT2D eigenvalue weighted by molar-refractivity contribution is -0.121. The molecule has 0 radical (unpaired) electrons. The van der Waals surface area contributed by atoms with E-state index in [0.29, 0.717) is 6.54 Å². The number of anilines is 2. The number of fused-ring (bicyclic) bond motifs is 1. The fourth-order valence-electron chi connectivity index (χ4n) is 4.63. The maximum Gasteiger partial charge on any atom is 0.322 e. The van der Waals surface area contributed by atoms with Crippen LogP contribution in [0.3, 0.4) is 0 Å². The number of pyridine rings is 1. The highest BCUT2D eigenvalue weighted by atomic mass is 16.5. The van der Waals surface area contributed by atoms with Gasteiger partial charge in [-0.1, -0.05) is 6.07 Å². The van der Waals surface area contributed by atoms with Crippen molar-refractivity contribution in [1.29, 1.82) is 0 Å². The van der Waals surface area contributed by atoms with Gasteiger partial charge >= 0.3 is 6.03 Å². The predicted octanol–water partition coefficient (Wildman–Crippen LogP) is 4.14. The number of hydrogen-bond donors (Lipinski definition) is 3. The molecule has 1 aromatic heterocycles. The summed E-state index contributed by atoms with van der Waals surface area (Å²) in [5.74, 6) is 0.755. The number of ether oxygens (including phenoxy) is 1. The van der Waals surface area contributed by atoms with Gasteiger partial charge in [-0.25, -0.2) is 4.79 Å². The molecule has 0 spiro atoms. The summed E-state index contributed by atoms with van der Waals surface area (Å²) in [7, 11) is 3.13. The first-order valence-corrected chi connectivity index (χ1v) is 11.4. The molecule has 4 rings (SSSR count). The first-order valence-electron chi connectivity index (χ1n) is 11.4. The van der Waals surface area contributed by atoms with Crippen LogP contribution in [-0.2, 0) is 11.3 Å². The van der Waals surface area contributed by atoms with Gasteiger partial charge in [0.2, 0.25) is 5.91 Å². The lowest BCUT2D eigenvalue weighted by Gasteiger charge is -2.39. The van der Waals surface area contributed by atoms with Crippen LogP contribution < -0.4 is 21.1 Å². The smallest absolute Gasteiger partial charge is 0.322 e. The maximum atomic E-state index is 12.8. The Morgan fingerprint density at radius 2 is 1.85 bits per heavy atom. The second-order valence-electron chi connectivity index (χ2n) is 8.62. The molecule has 1 fully saturated rings. The van der Waals surface area contributed by atoms with E-state index in [-0.39, 0.29) is 23.9 Å². The minimum atomic E-state index is -0.0670. The van der Waals surface area contributed by atoms with Gasteiger partial charge in [0.15, 0.2) is 0 Å². The summed E-state index contributed by atoms with van der Waals surface area (Å²) in [4.78, 5) is 31.8. The summed E-state index contributed by atoms with van der Waals surface area (Å²) in [6, 6.07) is 5.77. The number of hydrogen-bond acceptors (Lipinski definition) is 5. The van der Waals surface area contributed by atoms with Crippen LogP contribution in [0.4, 0.5) is 16.2 Å². The van der Waals surface area contributed by atoms with Crippen molar-refractivity contribution in [3.05, 3.63) is 46.8 Å². The molecule has 4 N–H and O–H groups in total. The summed E-state index contributed by atoms with van der Waals surface area (Å²) in [6.07, 6.45) is 5.04. The number of aromatic nitrogens is 1. The first-order chi connectivity index (χ1) is 15.9. The number of rotatable bonds is 4. The zero-order chi connectivity index (χ0) is 24.1. The number of nitrogens with zero attached hydrogens (tertiary/aromatic N) is 2. The van der Waals surface area contributed by atoms with E-state index in [1.807, 2.05) is 50.1 Å². The molecule has 0 bridgehead atoms. The molecule has 2 aliphatic rings. The van der Waals surface area contributed by atoms with Crippen LogP contribution in [0.1, 0.15) is 48.1 Å². The summed E-state index contributed by atoms with van der Waals surface area (Å²) in [5.41, 5.74) is 10.2. The number of nitrogens with two attached hydrogens (primary N) is 1. The Morgan fingerprint density at radius 1 is 1.15 bits per heavy atom. The second kappa shape index (κ2) is 10.7. The molecule has 1 saturated carbocycles. The average Bonchev–Trinajstić information content (AvgIpc) is 2.84. The van der Waals surface area contributed by atoms with Crippen LogP contribution in [0.25, 0.3) is 0 Å². The molecule has 8 heteroatoms. The van der Waals surface area contributed by atoms with Gasteiger partial charge in [0.25, 0.3) is 0 Å². The number of carbonyl (C=O) groups is 2. The Morgan fingerprint density at radius 3 is 2.52 bits per heavy atom. The second-order valence-corrected chi connectivity index (χ2v) is 8.62. The molecule has 0 saturated heterocycles. The number of amides is 3. The van der Waals surface area contributed by atoms with Crippen LogP contribution in [0.5, 0.6) is 5.75 Å². The van der Waals surface area contributed by atoms with Crippen molar-refractivity contribution in [2.45, 2.75) is 59.0 Å². The molecule has 1 aliphatic carbocycles. The molecule has 0 atom stereocenters. The molecule has 3 amide bonds. The van der Waals surface area contributed by atoms with E-state index in [2.05, 4.69) is 21.4 Å². The van der Waals surface area contributed by atoms with Crippen LogP contribution >= 0.6 is 0 Å². The Hall–Kier alpha value is -3.13. The molecule has 2 aromatic rings. The first kappa shape index (κ1) is 24.5. The van der Waals surface area contributed by atoms with Crippen LogP contribution in [0.2, 0.25) is 0 Å². The predicted molar refractivity (Wildman–Crippen MR) is 130 cm³/mol. The van der Waals surface area contributed by atoms with E-state index in [9.17, 15) is 9.59 Å². The van der Waals surface area contributed by atoms with Gasteiger partial charge < -0.3 is 26.0 Å². The van der Waals surface area contributed by atoms with Gasteiger partial charge in [-0.3, -0.25) is 9.78 Å². The van der Waals surface area contributed by atoms with E-state index in [0.717, 1.165) is 65.2 Å². The third-order valence-electron chi connectivity index (χ3n) is 6.60. The number of urea groups is 1. The number of benzene rings is 1. The number of nitrogens with one attached hydrogen (secondary N) is 2. The number of carbonyl (C=O) groups excluding carboxylic acids is 2. The number of methoxy groups -OCH3 is 1. The van der Waals surface area contributed by atoms with Gasteiger partial charge in [0.05, 0.1) is 25.0 Å². The van der Waals surface area contributed by atoms with E-state index in [1.54, 1.807) is 7.11 Å². The molecular formula is C25H35N5O3. The Kier molecular flexibility index (Phi) is 7.92. The molecule has 8 nitrogen and oxygen atoms in total. The van der Waals surface area contributed by atoms with E-state index in [4.69, 9.17) is 4.74 Å². The molecule has 33 heavy (non-hydrogen) atoms. The summed E-state index contributed by atoms with van der Waals surface area (Å²) < 4.78 is 5.35. The Balaban J connectivity index is 0.00000149. The molecule has 178 valence electrons. The quantitative estimate of drug-likeness (QED) is 0.645. The van der Waals surface area contributed by atoms with Crippen molar-refractivity contribution >= 4 is 23.3 Å². The Bertz CT molecular complexity index is 1020. The fraction of sp³-hybridized carbons (Fsp3) is 0.480. The molecule has 1 aliphatic heterocycles. The lowest BCUT2D eigenvalue weighted by atomic mass is 9.84. The highest BCUT2D eigenvalue weighted by Crippen LogP contribution is 2.34. The van der Waals surface area contributed by atoms with Crippen molar-refractivity contribution in [3.8, 4) is 5.75 Å². The van der Waals surface area contributed by atoms with E-state index >= 15 is 0 Å². The van der Waals surface area contributed by atoms with Crippen LogP contribution in [0.15, 0.2) is 24.4 Å². The lowest BCUT2D eigenvalue weighted by Crippen LogP contribution is -2.47. The molecule has 1 aromatic carbocycles.